The molecular weight excluding hydrogens is 368 g/mol. The van der Waals surface area contributed by atoms with E-state index in [1.807, 2.05) is 24.3 Å². The zero-order valence-electron chi connectivity index (χ0n) is 17.2. The molecule has 1 unspecified atom stereocenters. The Morgan fingerprint density at radius 1 is 1.10 bits per heavy atom. The second-order valence-corrected chi connectivity index (χ2v) is 7.21. The highest BCUT2D eigenvalue weighted by Crippen LogP contribution is 2.27. The average Bonchev–Trinajstić information content (AvgIpc) is 2.77. The van der Waals surface area contributed by atoms with E-state index >= 15 is 0 Å². The molecule has 1 N–H and O–H groups in total. The van der Waals surface area contributed by atoms with Crippen molar-refractivity contribution in [3.8, 4) is 11.5 Å². The van der Waals surface area contributed by atoms with Gasteiger partial charge in [0.25, 0.3) is 0 Å². The number of nitrogens with zero attached hydrogens (tertiary/aromatic N) is 1. The molecule has 2 aromatic carbocycles. The minimum absolute atomic E-state index is 0.0255. The van der Waals surface area contributed by atoms with Crippen molar-refractivity contribution in [2.75, 3.05) is 40.5 Å². The van der Waals surface area contributed by atoms with Crippen LogP contribution < -0.4 is 14.8 Å². The molecule has 29 heavy (non-hydrogen) atoms. The number of methoxy groups -OCH3 is 2. The van der Waals surface area contributed by atoms with Crippen LogP contribution in [0.15, 0.2) is 48.5 Å². The molecule has 0 aliphatic carbocycles. The van der Waals surface area contributed by atoms with E-state index in [-0.39, 0.29) is 12.0 Å². The van der Waals surface area contributed by atoms with E-state index in [4.69, 9.17) is 14.2 Å². The Kier molecular flexibility index (Phi) is 7.90. The first kappa shape index (κ1) is 21.1. The molecule has 156 valence electrons. The quantitative estimate of drug-likeness (QED) is 0.704. The summed E-state index contributed by atoms with van der Waals surface area (Å²) in [6.07, 6.45) is 1.10. The van der Waals surface area contributed by atoms with Gasteiger partial charge < -0.3 is 19.5 Å². The summed E-state index contributed by atoms with van der Waals surface area (Å²) in [4.78, 5) is 14.6. The van der Waals surface area contributed by atoms with Gasteiger partial charge in [-0.25, -0.2) is 0 Å². The number of carbonyl (C=O) groups is 1. The fourth-order valence-electron chi connectivity index (χ4n) is 3.50. The molecule has 1 atom stereocenters. The molecule has 1 amide bonds. The van der Waals surface area contributed by atoms with Crippen LogP contribution in [0.3, 0.4) is 0 Å². The van der Waals surface area contributed by atoms with Gasteiger partial charge >= 0.3 is 0 Å². The molecule has 2 aromatic rings. The molecule has 3 rings (SSSR count). The van der Waals surface area contributed by atoms with Crippen LogP contribution in [-0.4, -0.2) is 57.4 Å². The molecule has 6 heteroatoms. The molecular formula is C23H30N2O4. The normalized spacial score (nSPS) is 17.0. The van der Waals surface area contributed by atoms with Crippen LogP contribution in [0.2, 0.25) is 0 Å². The molecule has 0 radical (unpaired) electrons. The van der Waals surface area contributed by atoms with Crippen LogP contribution in [0.1, 0.15) is 17.5 Å². The average molecular weight is 399 g/mol. The molecule has 1 aliphatic rings. The fraction of sp³-hybridized carbons (Fsp3) is 0.435. The lowest BCUT2D eigenvalue weighted by molar-refractivity contribution is -0.122. The summed E-state index contributed by atoms with van der Waals surface area (Å²) in [5.41, 5.74) is 2.34. The summed E-state index contributed by atoms with van der Waals surface area (Å²) in [5.74, 6) is 1.40. The third-order valence-corrected chi connectivity index (χ3v) is 5.09. The van der Waals surface area contributed by atoms with Crippen LogP contribution in [-0.2, 0) is 22.5 Å². The Morgan fingerprint density at radius 3 is 2.66 bits per heavy atom. The Bertz CT molecular complexity index is 782. The van der Waals surface area contributed by atoms with Crippen molar-refractivity contribution >= 4 is 5.91 Å². The number of amides is 1. The maximum absolute atomic E-state index is 12.3. The number of carbonyl (C=O) groups excluding carboxylic acids is 1. The van der Waals surface area contributed by atoms with Gasteiger partial charge in [-0.3, -0.25) is 9.69 Å². The van der Waals surface area contributed by atoms with E-state index in [0.29, 0.717) is 37.5 Å². The number of ether oxygens (including phenoxy) is 3. The largest absolute Gasteiger partial charge is 0.493 e. The molecule has 1 saturated heterocycles. The van der Waals surface area contributed by atoms with Crippen LogP contribution in [0.25, 0.3) is 0 Å². The molecule has 1 heterocycles. The summed E-state index contributed by atoms with van der Waals surface area (Å²) in [7, 11) is 3.22. The number of hydrogen-bond donors (Lipinski definition) is 1. The van der Waals surface area contributed by atoms with Crippen molar-refractivity contribution in [1.82, 2.24) is 10.2 Å². The molecule has 1 aliphatic heterocycles. The van der Waals surface area contributed by atoms with Gasteiger partial charge in [-0.1, -0.05) is 36.4 Å². The fourth-order valence-corrected chi connectivity index (χ4v) is 3.50. The second kappa shape index (κ2) is 10.8. The van der Waals surface area contributed by atoms with E-state index in [1.165, 1.54) is 5.56 Å². The highest BCUT2D eigenvalue weighted by molar-refractivity contribution is 5.76. The third kappa shape index (κ3) is 6.48. The number of aryl methyl sites for hydroxylation is 1. The number of hydrogen-bond acceptors (Lipinski definition) is 5. The first-order valence-electron chi connectivity index (χ1n) is 10.0. The minimum atomic E-state index is 0.0255. The molecule has 0 saturated carbocycles. The van der Waals surface area contributed by atoms with Crippen molar-refractivity contribution < 1.29 is 19.0 Å². The zero-order valence-corrected chi connectivity index (χ0v) is 17.2. The topological polar surface area (TPSA) is 60.0 Å². The SMILES string of the molecule is COc1ccc(CCC(=O)NCC2CN(Cc3ccccc3)CCO2)cc1OC. The maximum atomic E-state index is 12.3. The highest BCUT2D eigenvalue weighted by atomic mass is 16.5. The van der Waals surface area contributed by atoms with Crippen molar-refractivity contribution in [3.05, 3.63) is 59.7 Å². The van der Waals surface area contributed by atoms with E-state index in [2.05, 4.69) is 34.5 Å². The number of rotatable bonds is 9. The van der Waals surface area contributed by atoms with Crippen molar-refractivity contribution in [2.24, 2.45) is 0 Å². The Hall–Kier alpha value is -2.57. The first-order chi connectivity index (χ1) is 14.2. The summed E-state index contributed by atoms with van der Waals surface area (Å²) in [5, 5.41) is 3.01. The maximum Gasteiger partial charge on any atom is 0.220 e. The van der Waals surface area contributed by atoms with Gasteiger partial charge in [-0.05, 0) is 29.7 Å². The van der Waals surface area contributed by atoms with E-state index in [1.54, 1.807) is 14.2 Å². The van der Waals surface area contributed by atoms with Gasteiger partial charge in [0.2, 0.25) is 5.91 Å². The van der Waals surface area contributed by atoms with Crippen LogP contribution in [0.5, 0.6) is 11.5 Å². The highest BCUT2D eigenvalue weighted by Gasteiger charge is 2.21. The predicted molar refractivity (Wildman–Crippen MR) is 112 cm³/mol. The zero-order chi connectivity index (χ0) is 20.5. The van der Waals surface area contributed by atoms with Crippen molar-refractivity contribution in [1.29, 1.82) is 0 Å². The lowest BCUT2D eigenvalue weighted by Gasteiger charge is -2.33. The second-order valence-electron chi connectivity index (χ2n) is 7.21. The van der Waals surface area contributed by atoms with Crippen LogP contribution in [0.4, 0.5) is 0 Å². The predicted octanol–water partition coefficient (Wildman–Crippen LogP) is 2.65. The summed E-state index contributed by atoms with van der Waals surface area (Å²) < 4.78 is 16.4. The third-order valence-electron chi connectivity index (χ3n) is 5.09. The van der Waals surface area contributed by atoms with E-state index in [0.717, 1.165) is 25.2 Å². The van der Waals surface area contributed by atoms with Gasteiger partial charge in [0.05, 0.1) is 26.9 Å². The summed E-state index contributed by atoms with van der Waals surface area (Å²) in [6.45, 7) is 3.88. The van der Waals surface area contributed by atoms with Gasteiger partial charge in [-0.15, -0.1) is 0 Å². The molecule has 0 bridgehead atoms. The number of benzene rings is 2. The van der Waals surface area contributed by atoms with E-state index < -0.39 is 0 Å². The molecule has 1 fully saturated rings. The molecule has 0 aromatic heterocycles. The first-order valence-corrected chi connectivity index (χ1v) is 10.0. The Labute approximate surface area is 172 Å². The summed E-state index contributed by atoms with van der Waals surface area (Å²) in [6, 6.07) is 16.2. The van der Waals surface area contributed by atoms with Crippen molar-refractivity contribution in [3.63, 3.8) is 0 Å². The molecule has 6 nitrogen and oxygen atoms in total. The van der Waals surface area contributed by atoms with Crippen LogP contribution in [0, 0.1) is 0 Å². The van der Waals surface area contributed by atoms with Crippen molar-refractivity contribution in [2.45, 2.75) is 25.5 Å². The number of morpholine rings is 1. The minimum Gasteiger partial charge on any atom is -0.493 e. The lowest BCUT2D eigenvalue weighted by atomic mass is 10.1. The Balaban J connectivity index is 1.41. The van der Waals surface area contributed by atoms with Gasteiger partial charge in [0.15, 0.2) is 11.5 Å². The monoisotopic (exact) mass is 398 g/mol. The standard InChI is InChI=1S/C23H30N2O4/c1-27-21-10-8-18(14-22(21)28-2)9-11-23(26)24-15-20-17-25(12-13-29-20)16-19-6-4-3-5-7-19/h3-8,10,14,20H,9,11-13,15-17H2,1-2H3,(H,24,26). The molecule has 0 spiro atoms. The lowest BCUT2D eigenvalue weighted by Crippen LogP contribution is -2.47. The van der Waals surface area contributed by atoms with E-state index in [9.17, 15) is 4.79 Å². The Morgan fingerprint density at radius 2 is 1.90 bits per heavy atom. The van der Waals surface area contributed by atoms with Gasteiger partial charge in [0.1, 0.15) is 0 Å². The van der Waals surface area contributed by atoms with Crippen LogP contribution >= 0.6 is 0 Å². The number of nitrogens with one attached hydrogen (secondary N) is 1. The smallest absolute Gasteiger partial charge is 0.220 e. The van der Waals surface area contributed by atoms with Gasteiger partial charge in [-0.2, -0.15) is 0 Å². The van der Waals surface area contributed by atoms with Gasteiger partial charge in [0, 0.05) is 32.6 Å². The summed E-state index contributed by atoms with van der Waals surface area (Å²) >= 11 is 0.